The van der Waals surface area contributed by atoms with Crippen LogP contribution in [0.3, 0.4) is 0 Å². The maximum absolute atomic E-state index is 13.1. The fourth-order valence-electron chi connectivity index (χ4n) is 4.45. The molecule has 4 rings (SSSR count). The molecule has 1 atom stereocenters. The third-order valence-electron chi connectivity index (χ3n) is 6.08. The van der Waals surface area contributed by atoms with Crippen LogP contribution >= 0.6 is 0 Å². The molecule has 2 aromatic rings. The number of carbonyl (C=O) groups is 1. The molecule has 5 nitrogen and oxygen atoms in total. The summed E-state index contributed by atoms with van der Waals surface area (Å²) in [4.78, 5) is 24.2. The van der Waals surface area contributed by atoms with Gasteiger partial charge in [0.25, 0.3) is 5.91 Å². The Kier molecular flexibility index (Phi) is 5.79. The minimum Gasteiger partial charge on any atom is -0.368 e. The average molecular weight is 379 g/mol. The average Bonchev–Trinajstić information content (AvgIpc) is 2.79. The third-order valence-corrected chi connectivity index (χ3v) is 6.08. The molecule has 2 aliphatic heterocycles. The summed E-state index contributed by atoms with van der Waals surface area (Å²) in [5.74, 6) is 0.0552. The zero-order valence-corrected chi connectivity index (χ0v) is 16.8. The van der Waals surface area contributed by atoms with Crippen molar-refractivity contribution in [2.45, 2.75) is 38.6 Å². The molecule has 1 amide bonds. The Bertz CT molecular complexity index is 786. The number of carbonyl (C=O) groups excluding carboxylic acids is 1. The standard InChI is InChI=1S/C23H30N4O/c1-2-19-8-6-7-13-27(19)21-11-12-24-22(18-21)23(28)26-16-14-25(15-17-26)20-9-4-3-5-10-20/h3-5,9-12,18-19H,2,6-8,13-17H2,1H3. The maximum Gasteiger partial charge on any atom is 0.272 e. The van der Waals surface area contributed by atoms with Crippen LogP contribution in [0.15, 0.2) is 48.7 Å². The molecule has 3 heterocycles. The van der Waals surface area contributed by atoms with Gasteiger partial charge in [0.15, 0.2) is 0 Å². The lowest BCUT2D eigenvalue weighted by atomic mass is 9.99. The van der Waals surface area contributed by atoms with Gasteiger partial charge in [0, 0.05) is 56.3 Å². The molecule has 28 heavy (non-hydrogen) atoms. The minimum atomic E-state index is 0.0552. The second-order valence-electron chi connectivity index (χ2n) is 7.77. The molecule has 0 radical (unpaired) electrons. The second kappa shape index (κ2) is 8.63. The number of hydrogen-bond acceptors (Lipinski definition) is 4. The fraction of sp³-hybridized carbons (Fsp3) is 0.478. The maximum atomic E-state index is 13.1. The Morgan fingerprint density at radius 3 is 2.54 bits per heavy atom. The molecule has 0 aliphatic carbocycles. The van der Waals surface area contributed by atoms with Gasteiger partial charge in [-0.25, -0.2) is 0 Å². The van der Waals surface area contributed by atoms with E-state index >= 15 is 0 Å². The molecular weight excluding hydrogens is 348 g/mol. The normalized spacial score (nSPS) is 20.3. The lowest BCUT2D eigenvalue weighted by Crippen LogP contribution is -2.49. The predicted molar refractivity (Wildman–Crippen MR) is 114 cm³/mol. The van der Waals surface area contributed by atoms with Crippen LogP contribution in [0.25, 0.3) is 0 Å². The summed E-state index contributed by atoms with van der Waals surface area (Å²) in [6.45, 7) is 6.52. The quantitative estimate of drug-likeness (QED) is 0.811. The highest BCUT2D eigenvalue weighted by molar-refractivity contribution is 5.93. The molecule has 1 aromatic heterocycles. The van der Waals surface area contributed by atoms with Crippen molar-refractivity contribution in [1.29, 1.82) is 0 Å². The zero-order valence-electron chi connectivity index (χ0n) is 16.8. The second-order valence-corrected chi connectivity index (χ2v) is 7.77. The number of amides is 1. The molecule has 148 valence electrons. The van der Waals surface area contributed by atoms with E-state index in [4.69, 9.17) is 0 Å². The number of aromatic nitrogens is 1. The van der Waals surface area contributed by atoms with E-state index in [1.807, 2.05) is 17.0 Å². The Morgan fingerprint density at radius 2 is 1.79 bits per heavy atom. The predicted octanol–water partition coefficient (Wildman–Crippen LogP) is 3.81. The molecule has 2 fully saturated rings. The summed E-state index contributed by atoms with van der Waals surface area (Å²) in [5.41, 5.74) is 2.95. The van der Waals surface area contributed by atoms with Crippen LogP contribution in [0.5, 0.6) is 0 Å². The molecular formula is C23H30N4O. The largest absolute Gasteiger partial charge is 0.368 e. The monoisotopic (exact) mass is 378 g/mol. The first kappa shape index (κ1) is 18.8. The van der Waals surface area contributed by atoms with Crippen LogP contribution in [-0.2, 0) is 0 Å². The SMILES string of the molecule is CCC1CCCCN1c1ccnc(C(=O)N2CCN(c3ccccc3)CC2)c1. The van der Waals surface area contributed by atoms with E-state index in [0.717, 1.165) is 44.8 Å². The lowest BCUT2D eigenvalue weighted by molar-refractivity contribution is 0.0741. The van der Waals surface area contributed by atoms with Crippen LogP contribution in [0.4, 0.5) is 11.4 Å². The Labute approximate surface area is 168 Å². The molecule has 2 aliphatic rings. The van der Waals surface area contributed by atoms with Gasteiger partial charge in [-0.2, -0.15) is 0 Å². The van der Waals surface area contributed by atoms with Gasteiger partial charge in [-0.15, -0.1) is 0 Å². The van der Waals surface area contributed by atoms with Gasteiger partial charge in [0.2, 0.25) is 0 Å². The summed E-state index contributed by atoms with van der Waals surface area (Å²) in [6.07, 6.45) is 6.71. The summed E-state index contributed by atoms with van der Waals surface area (Å²) >= 11 is 0. The van der Waals surface area contributed by atoms with Crippen molar-refractivity contribution >= 4 is 17.3 Å². The number of nitrogens with zero attached hydrogens (tertiary/aromatic N) is 4. The highest BCUT2D eigenvalue weighted by Crippen LogP contribution is 2.27. The molecule has 0 spiro atoms. The number of pyridine rings is 1. The molecule has 1 unspecified atom stereocenters. The van der Waals surface area contributed by atoms with Gasteiger partial charge >= 0.3 is 0 Å². The van der Waals surface area contributed by atoms with E-state index in [-0.39, 0.29) is 5.91 Å². The third kappa shape index (κ3) is 3.98. The van der Waals surface area contributed by atoms with E-state index < -0.39 is 0 Å². The van der Waals surface area contributed by atoms with Crippen molar-refractivity contribution in [2.75, 3.05) is 42.5 Å². The highest BCUT2D eigenvalue weighted by atomic mass is 16.2. The van der Waals surface area contributed by atoms with Gasteiger partial charge in [0.05, 0.1) is 0 Å². The van der Waals surface area contributed by atoms with Crippen LogP contribution in [0.1, 0.15) is 43.1 Å². The molecule has 0 N–H and O–H groups in total. The van der Waals surface area contributed by atoms with Crippen molar-refractivity contribution in [2.24, 2.45) is 0 Å². The molecule has 0 bridgehead atoms. The van der Waals surface area contributed by atoms with E-state index in [0.29, 0.717) is 11.7 Å². The molecule has 5 heteroatoms. The smallest absolute Gasteiger partial charge is 0.272 e. The van der Waals surface area contributed by atoms with Gasteiger partial charge in [-0.1, -0.05) is 25.1 Å². The number of anilines is 2. The van der Waals surface area contributed by atoms with Crippen molar-refractivity contribution in [3.63, 3.8) is 0 Å². The number of para-hydroxylation sites is 1. The topological polar surface area (TPSA) is 39.7 Å². The molecule has 0 saturated carbocycles. The van der Waals surface area contributed by atoms with Crippen molar-refractivity contribution < 1.29 is 4.79 Å². The minimum absolute atomic E-state index is 0.0552. The summed E-state index contributed by atoms with van der Waals surface area (Å²) in [6, 6.07) is 15.1. The van der Waals surface area contributed by atoms with Crippen LogP contribution in [0, 0.1) is 0 Å². The Morgan fingerprint density at radius 1 is 1.00 bits per heavy atom. The number of benzene rings is 1. The Hall–Kier alpha value is -2.56. The van der Waals surface area contributed by atoms with Crippen LogP contribution < -0.4 is 9.80 Å². The summed E-state index contributed by atoms with van der Waals surface area (Å²) < 4.78 is 0. The lowest BCUT2D eigenvalue weighted by Gasteiger charge is -2.38. The van der Waals surface area contributed by atoms with Gasteiger partial charge in [0.1, 0.15) is 5.69 Å². The summed E-state index contributed by atoms with van der Waals surface area (Å²) in [7, 11) is 0. The number of piperidine rings is 1. The first-order chi connectivity index (χ1) is 13.8. The molecule has 2 saturated heterocycles. The van der Waals surface area contributed by atoms with Gasteiger partial charge < -0.3 is 14.7 Å². The number of piperazine rings is 1. The Balaban J connectivity index is 1.43. The van der Waals surface area contributed by atoms with E-state index in [1.54, 1.807) is 6.20 Å². The van der Waals surface area contributed by atoms with Crippen LogP contribution in [-0.4, -0.2) is 54.6 Å². The van der Waals surface area contributed by atoms with Gasteiger partial charge in [-0.05, 0) is 49.9 Å². The van der Waals surface area contributed by atoms with Crippen molar-refractivity contribution in [1.82, 2.24) is 9.88 Å². The number of hydrogen-bond donors (Lipinski definition) is 0. The van der Waals surface area contributed by atoms with Gasteiger partial charge in [-0.3, -0.25) is 9.78 Å². The number of rotatable bonds is 4. The fourth-order valence-corrected chi connectivity index (χ4v) is 4.45. The highest BCUT2D eigenvalue weighted by Gasteiger charge is 2.25. The van der Waals surface area contributed by atoms with E-state index in [2.05, 4.69) is 52.0 Å². The summed E-state index contributed by atoms with van der Waals surface area (Å²) in [5, 5.41) is 0. The van der Waals surface area contributed by atoms with E-state index in [9.17, 15) is 4.79 Å². The van der Waals surface area contributed by atoms with E-state index in [1.165, 1.54) is 24.9 Å². The van der Waals surface area contributed by atoms with Crippen molar-refractivity contribution in [3.05, 3.63) is 54.4 Å². The zero-order chi connectivity index (χ0) is 19.3. The van der Waals surface area contributed by atoms with Crippen LogP contribution in [0.2, 0.25) is 0 Å². The first-order valence-electron chi connectivity index (χ1n) is 10.6. The van der Waals surface area contributed by atoms with Crippen molar-refractivity contribution in [3.8, 4) is 0 Å². The first-order valence-corrected chi connectivity index (χ1v) is 10.6. The molecule has 1 aromatic carbocycles.